The molecular weight excluding hydrogens is 435 g/mol. The molecule has 8 heteroatoms. The van der Waals surface area contributed by atoms with Crippen molar-refractivity contribution in [3.05, 3.63) is 30.9 Å². The van der Waals surface area contributed by atoms with Gasteiger partial charge in [-0.1, -0.05) is 6.08 Å². The van der Waals surface area contributed by atoms with E-state index in [2.05, 4.69) is 22.2 Å². The smallest absolute Gasteiger partial charge is 0.243 e. The maximum atomic E-state index is 11.7. The number of benzene rings is 1. The Morgan fingerprint density at radius 2 is 2.08 bits per heavy atom. The zero-order chi connectivity index (χ0) is 17.9. The number of likely N-dealkylation sites (N-methyl/N-ethyl adjacent to an activating group) is 1. The van der Waals surface area contributed by atoms with Crippen LogP contribution in [-0.4, -0.2) is 57.7 Å². The Bertz CT molecular complexity index is 591. The number of hydrogen-bond acceptors (Lipinski definition) is 4. The van der Waals surface area contributed by atoms with Crippen LogP contribution in [0.5, 0.6) is 11.5 Å². The van der Waals surface area contributed by atoms with Gasteiger partial charge < -0.3 is 25.0 Å². The maximum Gasteiger partial charge on any atom is 0.243 e. The predicted octanol–water partition coefficient (Wildman–Crippen LogP) is 2.34. The SMILES string of the molecule is C=CCNC(=NCC(=O)N(C)C)Nc1ccc(OCC)c(OC)c1.I. The van der Waals surface area contributed by atoms with Crippen LogP contribution >= 0.6 is 24.0 Å². The van der Waals surface area contributed by atoms with Crippen molar-refractivity contribution in [3.8, 4) is 11.5 Å². The first-order valence-corrected chi connectivity index (χ1v) is 7.69. The number of carbonyl (C=O) groups is 1. The zero-order valence-electron chi connectivity index (χ0n) is 15.2. The van der Waals surface area contributed by atoms with Crippen LogP contribution in [0.4, 0.5) is 5.69 Å². The van der Waals surface area contributed by atoms with Crippen molar-refractivity contribution < 1.29 is 14.3 Å². The molecule has 1 amide bonds. The van der Waals surface area contributed by atoms with Crippen molar-refractivity contribution in [2.75, 3.05) is 46.2 Å². The second kappa shape index (κ2) is 12.4. The molecule has 1 aromatic rings. The monoisotopic (exact) mass is 462 g/mol. The van der Waals surface area contributed by atoms with E-state index in [1.165, 1.54) is 4.90 Å². The summed E-state index contributed by atoms with van der Waals surface area (Å²) in [6, 6.07) is 5.48. The highest BCUT2D eigenvalue weighted by atomic mass is 127. The summed E-state index contributed by atoms with van der Waals surface area (Å²) >= 11 is 0. The lowest BCUT2D eigenvalue weighted by molar-refractivity contribution is -0.127. The van der Waals surface area contributed by atoms with Gasteiger partial charge >= 0.3 is 0 Å². The number of guanidine groups is 1. The number of nitrogens with zero attached hydrogens (tertiary/aromatic N) is 2. The fourth-order valence-electron chi connectivity index (χ4n) is 1.75. The van der Waals surface area contributed by atoms with Crippen molar-refractivity contribution >= 4 is 41.5 Å². The van der Waals surface area contributed by atoms with Crippen molar-refractivity contribution in [3.63, 3.8) is 0 Å². The van der Waals surface area contributed by atoms with E-state index in [1.54, 1.807) is 27.3 Å². The van der Waals surface area contributed by atoms with Gasteiger partial charge in [-0.05, 0) is 19.1 Å². The zero-order valence-corrected chi connectivity index (χ0v) is 17.5. The molecular formula is C17H27IN4O3. The number of aliphatic imine (C=N–C) groups is 1. The highest BCUT2D eigenvalue weighted by Crippen LogP contribution is 2.30. The number of amides is 1. The maximum absolute atomic E-state index is 11.7. The highest BCUT2D eigenvalue weighted by molar-refractivity contribution is 14.0. The van der Waals surface area contributed by atoms with E-state index in [1.807, 2.05) is 25.1 Å². The molecule has 0 fully saturated rings. The lowest BCUT2D eigenvalue weighted by atomic mass is 10.2. The molecule has 0 aliphatic carbocycles. The Morgan fingerprint density at radius 3 is 2.64 bits per heavy atom. The van der Waals surface area contributed by atoms with Crippen molar-refractivity contribution in [1.29, 1.82) is 0 Å². The summed E-state index contributed by atoms with van der Waals surface area (Å²) in [4.78, 5) is 17.5. The van der Waals surface area contributed by atoms with E-state index in [0.29, 0.717) is 30.6 Å². The number of hydrogen-bond donors (Lipinski definition) is 2. The van der Waals surface area contributed by atoms with Crippen molar-refractivity contribution in [2.45, 2.75) is 6.92 Å². The summed E-state index contributed by atoms with van der Waals surface area (Å²) < 4.78 is 10.8. The molecule has 0 spiro atoms. The number of nitrogens with one attached hydrogen (secondary N) is 2. The van der Waals surface area contributed by atoms with Crippen LogP contribution in [0.2, 0.25) is 0 Å². The summed E-state index contributed by atoms with van der Waals surface area (Å²) in [6.07, 6.45) is 1.71. The minimum absolute atomic E-state index is 0. The number of halogens is 1. The minimum atomic E-state index is -0.0843. The van der Waals surface area contributed by atoms with Crippen LogP contribution in [0.1, 0.15) is 6.92 Å². The van der Waals surface area contributed by atoms with E-state index in [-0.39, 0.29) is 36.4 Å². The van der Waals surface area contributed by atoms with Gasteiger partial charge in [-0.15, -0.1) is 30.6 Å². The van der Waals surface area contributed by atoms with Gasteiger partial charge in [0.05, 0.1) is 13.7 Å². The molecule has 0 aliphatic rings. The molecule has 0 radical (unpaired) electrons. The van der Waals surface area contributed by atoms with E-state index in [9.17, 15) is 4.79 Å². The van der Waals surface area contributed by atoms with Gasteiger partial charge in [-0.2, -0.15) is 0 Å². The van der Waals surface area contributed by atoms with Crippen LogP contribution in [0.3, 0.4) is 0 Å². The molecule has 0 heterocycles. The van der Waals surface area contributed by atoms with Crippen LogP contribution in [0.25, 0.3) is 0 Å². The Balaban J connectivity index is 0.00000576. The normalized spacial score (nSPS) is 10.3. The summed E-state index contributed by atoms with van der Waals surface area (Å²) in [5.41, 5.74) is 0.767. The number of carbonyl (C=O) groups excluding carboxylic acids is 1. The highest BCUT2D eigenvalue weighted by Gasteiger charge is 2.08. The number of ether oxygens (including phenoxy) is 2. The molecule has 2 N–H and O–H groups in total. The Labute approximate surface area is 166 Å². The molecule has 25 heavy (non-hydrogen) atoms. The average Bonchev–Trinajstić information content (AvgIpc) is 2.58. The molecule has 7 nitrogen and oxygen atoms in total. The van der Waals surface area contributed by atoms with E-state index in [4.69, 9.17) is 9.47 Å². The molecule has 0 aliphatic heterocycles. The molecule has 0 bridgehead atoms. The molecule has 0 unspecified atom stereocenters. The van der Waals surface area contributed by atoms with Gasteiger partial charge in [0, 0.05) is 32.4 Å². The van der Waals surface area contributed by atoms with Crippen LogP contribution in [0.15, 0.2) is 35.8 Å². The first-order valence-electron chi connectivity index (χ1n) is 7.69. The van der Waals surface area contributed by atoms with Gasteiger partial charge in [0.1, 0.15) is 6.54 Å². The fraction of sp³-hybridized carbons (Fsp3) is 0.412. The van der Waals surface area contributed by atoms with Gasteiger partial charge in [0.15, 0.2) is 17.5 Å². The number of methoxy groups -OCH3 is 1. The molecule has 1 aromatic carbocycles. The third-order valence-electron chi connectivity index (χ3n) is 3.01. The van der Waals surface area contributed by atoms with Gasteiger partial charge in [-0.3, -0.25) is 4.79 Å². The molecule has 0 saturated carbocycles. The van der Waals surface area contributed by atoms with Gasteiger partial charge in [0.25, 0.3) is 0 Å². The summed E-state index contributed by atoms with van der Waals surface area (Å²) in [5.74, 6) is 1.69. The first kappa shape index (κ1) is 23.0. The largest absolute Gasteiger partial charge is 0.493 e. The lowest BCUT2D eigenvalue weighted by Crippen LogP contribution is -2.33. The molecule has 0 atom stereocenters. The molecule has 1 rings (SSSR count). The molecule has 0 aromatic heterocycles. The summed E-state index contributed by atoms with van der Waals surface area (Å²) in [6.45, 7) is 6.71. The van der Waals surface area contributed by atoms with Crippen LogP contribution in [-0.2, 0) is 4.79 Å². The average molecular weight is 462 g/mol. The fourth-order valence-corrected chi connectivity index (χ4v) is 1.75. The summed E-state index contributed by atoms with van der Waals surface area (Å²) in [7, 11) is 4.97. The Hall–Kier alpha value is -1.97. The van der Waals surface area contributed by atoms with Crippen LogP contribution in [0, 0.1) is 0 Å². The predicted molar refractivity (Wildman–Crippen MR) is 112 cm³/mol. The van der Waals surface area contributed by atoms with Crippen LogP contribution < -0.4 is 20.1 Å². The van der Waals surface area contributed by atoms with Gasteiger partial charge in [0.2, 0.25) is 5.91 Å². The topological polar surface area (TPSA) is 75.2 Å². The van der Waals surface area contributed by atoms with E-state index >= 15 is 0 Å². The summed E-state index contributed by atoms with van der Waals surface area (Å²) in [5, 5.41) is 6.20. The third-order valence-corrected chi connectivity index (χ3v) is 3.01. The molecule has 0 saturated heterocycles. The Kier molecular flexibility index (Phi) is 11.4. The number of rotatable bonds is 8. The van der Waals surface area contributed by atoms with Crippen molar-refractivity contribution in [2.24, 2.45) is 4.99 Å². The standard InChI is InChI=1S/C17H26N4O3.HI/c1-6-10-18-17(19-12-16(22)21(3)4)20-13-8-9-14(24-7-2)15(11-13)23-5;/h6,8-9,11H,1,7,10,12H2,2-5H3,(H2,18,19,20);1H. The second-order valence-corrected chi connectivity index (χ2v) is 5.05. The van der Waals surface area contributed by atoms with E-state index < -0.39 is 0 Å². The first-order chi connectivity index (χ1) is 11.5. The van der Waals surface area contributed by atoms with E-state index in [0.717, 1.165) is 5.69 Å². The minimum Gasteiger partial charge on any atom is -0.493 e. The Morgan fingerprint density at radius 1 is 1.36 bits per heavy atom. The lowest BCUT2D eigenvalue weighted by Gasteiger charge is -2.15. The second-order valence-electron chi connectivity index (χ2n) is 5.05. The van der Waals surface area contributed by atoms with Crippen molar-refractivity contribution in [1.82, 2.24) is 10.2 Å². The van der Waals surface area contributed by atoms with Gasteiger partial charge in [-0.25, -0.2) is 4.99 Å². The molecule has 140 valence electrons. The quantitative estimate of drug-likeness (QED) is 0.269. The third kappa shape index (κ3) is 8.10. The number of anilines is 1.